The molecular formula is C16H24N2O2S. The Morgan fingerprint density at radius 2 is 1.71 bits per heavy atom. The second-order valence-electron chi connectivity index (χ2n) is 7.54. The van der Waals surface area contributed by atoms with Crippen molar-refractivity contribution in [2.45, 2.75) is 58.4 Å². The first-order valence-corrected chi connectivity index (χ1v) is 8.36. The first-order valence-electron chi connectivity index (χ1n) is 7.95. The molecule has 3 rings (SSSR count). The van der Waals surface area contributed by atoms with Crippen LogP contribution in [0.4, 0.5) is 0 Å². The average molecular weight is 308 g/mol. The summed E-state index contributed by atoms with van der Waals surface area (Å²) in [4.78, 5) is 27.2. The van der Waals surface area contributed by atoms with Gasteiger partial charge in [-0.25, -0.2) is 0 Å². The van der Waals surface area contributed by atoms with E-state index in [1.165, 1.54) is 4.90 Å². The molecule has 2 saturated carbocycles. The molecular weight excluding hydrogens is 284 g/mol. The van der Waals surface area contributed by atoms with Crippen LogP contribution in [0.5, 0.6) is 0 Å². The number of hydrogen-bond acceptors (Lipinski definition) is 3. The van der Waals surface area contributed by atoms with Gasteiger partial charge in [-0.3, -0.25) is 14.5 Å². The van der Waals surface area contributed by atoms with Crippen molar-refractivity contribution >= 4 is 29.0 Å². The van der Waals surface area contributed by atoms with E-state index in [0.29, 0.717) is 10.9 Å². The minimum atomic E-state index is -0.696. The van der Waals surface area contributed by atoms with Gasteiger partial charge in [0.05, 0.1) is 16.8 Å². The van der Waals surface area contributed by atoms with E-state index in [-0.39, 0.29) is 29.1 Å². The second kappa shape index (κ2) is 4.51. The first-order chi connectivity index (χ1) is 9.77. The first kappa shape index (κ1) is 14.9. The zero-order chi connectivity index (χ0) is 15.6. The van der Waals surface area contributed by atoms with Crippen molar-refractivity contribution in [3.05, 3.63) is 0 Å². The number of piperidine rings is 1. The van der Waals surface area contributed by atoms with Crippen LogP contribution < -0.4 is 5.73 Å². The normalized spacial score (nSPS) is 41.1. The molecule has 0 spiro atoms. The number of carbonyl (C=O) groups excluding carboxylic acids is 2. The summed E-state index contributed by atoms with van der Waals surface area (Å²) in [6, 6.07) is 0. The van der Waals surface area contributed by atoms with Crippen LogP contribution in [0.2, 0.25) is 0 Å². The summed E-state index contributed by atoms with van der Waals surface area (Å²) in [5.41, 5.74) is 5.13. The van der Waals surface area contributed by atoms with Crippen molar-refractivity contribution in [1.82, 2.24) is 4.90 Å². The van der Waals surface area contributed by atoms with Gasteiger partial charge >= 0.3 is 0 Å². The Bertz CT molecular complexity index is 496. The van der Waals surface area contributed by atoms with Gasteiger partial charge in [-0.1, -0.05) is 39.4 Å². The highest BCUT2D eigenvalue weighted by Crippen LogP contribution is 2.64. The molecule has 116 valence electrons. The molecule has 0 aromatic heterocycles. The Labute approximate surface area is 131 Å². The van der Waals surface area contributed by atoms with Gasteiger partial charge in [0.2, 0.25) is 11.8 Å². The summed E-state index contributed by atoms with van der Waals surface area (Å²) >= 11 is 5.29. The van der Waals surface area contributed by atoms with Gasteiger partial charge in [0.1, 0.15) is 5.54 Å². The molecule has 1 aliphatic heterocycles. The van der Waals surface area contributed by atoms with Gasteiger partial charge < -0.3 is 5.73 Å². The summed E-state index contributed by atoms with van der Waals surface area (Å²) in [5.74, 6) is 0.266. The summed E-state index contributed by atoms with van der Waals surface area (Å²) in [5, 5.41) is 0. The fourth-order valence-corrected chi connectivity index (χ4v) is 4.81. The third-order valence-corrected chi connectivity index (χ3v) is 6.58. The topological polar surface area (TPSA) is 63.4 Å². The van der Waals surface area contributed by atoms with Gasteiger partial charge in [0.25, 0.3) is 0 Å². The fourth-order valence-electron chi connectivity index (χ4n) is 4.51. The zero-order valence-corrected chi connectivity index (χ0v) is 13.8. The lowest BCUT2D eigenvalue weighted by molar-refractivity contribution is -0.149. The van der Waals surface area contributed by atoms with Gasteiger partial charge in [-0.2, -0.15) is 0 Å². The molecule has 21 heavy (non-hydrogen) atoms. The molecule has 0 aromatic carbocycles. The lowest BCUT2D eigenvalue weighted by Gasteiger charge is -2.45. The highest BCUT2D eigenvalue weighted by atomic mass is 32.1. The van der Waals surface area contributed by atoms with Crippen molar-refractivity contribution in [2.75, 3.05) is 0 Å². The van der Waals surface area contributed by atoms with Crippen LogP contribution in [0, 0.1) is 23.2 Å². The molecule has 0 bridgehead atoms. The predicted molar refractivity (Wildman–Crippen MR) is 84.4 cm³/mol. The monoisotopic (exact) mass is 308 g/mol. The Morgan fingerprint density at radius 3 is 2.10 bits per heavy atom. The van der Waals surface area contributed by atoms with E-state index in [0.717, 1.165) is 32.1 Å². The minimum absolute atomic E-state index is 0.0438. The maximum absolute atomic E-state index is 12.7. The number of imide groups is 1. The summed E-state index contributed by atoms with van der Waals surface area (Å²) in [6.07, 6.45) is 4.58. The largest absolute Gasteiger partial charge is 0.391 e. The van der Waals surface area contributed by atoms with E-state index in [4.69, 9.17) is 18.0 Å². The quantitative estimate of drug-likeness (QED) is 0.641. The van der Waals surface area contributed by atoms with Crippen molar-refractivity contribution in [1.29, 1.82) is 0 Å². The van der Waals surface area contributed by atoms with Crippen LogP contribution in [0.1, 0.15) is 52.9 Å². The molecule has 0 radical (unpaired) electrons. The SMILES string of the molecule is CCC1CCC(C(N)=S)(N2C(=O)C3C(C2=O)C3(C)C)CC1. The molecule has 2 amide bonds. The molecule has 1 heterocycles. The van der Waals surface area contributed by atoms with Crippen LogP contribution >= 0.6 is 12.2 Å². The maximum Gasteiger partial charge on any atom is 0.234 e. The van der Waals surface area contributed by atoms with Gasteiger partial charge in [-0.05, 0) is 37.0 Å². The Balaban J connectivity index is 1.89. The Hall–Kier alpha value is -0.970. The van der Waals surface area contributed by atoms with E-state index in [2.05, 4.69) is 6.92 Å². The van der Waals surface area contributed by atoms with Crippen molar-refractivity contribution in [3.8, 4) is 0 Å². The molecule has 3 fully saturated rings. The number of carbonyl (C=O) groups is 2. The Morgan fingerprint density at radius 1 is 1.24 bits per heavy atom. The number of likely N-dealkylation sites (tertiary alicyclic amines) is 1. The smallest absolute Gasteiger partial charge is 0.234 e. The van der Waals surface area contributed by atoms with Crippen LogP contribution in [-0.4, -0.2) is 27.2 Å². The highest BCUT2D eigenvalue weighted by molar-refractivity contribution is 7.80. The molecule has 2 N–H and O–H groups in total. The number of nitrogens with two attached hydrogens (primary N) is 1. The van der Waals surface area contributed by atoms with Crippen LogP contribution in [0.15, 0.2) is 0 Å². The van der Waals surface area contributed by atoms with Gasteiger partial charge in [0, 0.05) is 0 Å². The van der Waals surface area contributed by atoms with Crippen LogP contribution in [-0.2, 0) is 9.59 Å². The number of rotatable bonds is 3. The molecule has 1 saturated heterocycles. The number of thiocarbonyl (C=S) groups is 1. The summed E-state index contributed by atoms with van der Waals surface area (Å²) in [7, 11) is 0. The van der Waals surface area contributed by atoms with Crippen LogP contribution in [0.3, 0.4) is 0 Å². The molecule has 2 aliphatic carbocycles. The maximum atomic E-state index is 12.7. The van der Waals surface area contributed by atoms with E-state index in [1.54, 1.807) is 0 Å². The number of amides is 2. The lowest BCUT2D eigenvalue weighted by atomic mass is 9.74. The van der Waals surface area contributed by atoms with Crippen LogP contribution in [0.25, 0.3) is 0 Å². The number of hydrogen-bond donors (Lipinski definition) is 1. The van der Waals surface area contributed by atoms with Gasteiger partial charge in [0.15, 0.2) is 0 Å². The van der Waals surface area contributed by atoms with Crippen molar-refractivity contribution in [2.24, 2.45) is 28.9 Å². The highest BCUT2D eigenvalue weighted by Gasteiger charge is 2.74. The number of fused-ring (bicyclic) bond motifs is 1. The van der Waals surface area contributed by atoms with Gasteiger partial charge in [-0.15, -0.1) is 0 Å². The molecule has 2 atom stereocenters. The van der Waals surface area contributed by atoms with E-state index >= 15 is 0 Å². The third kappa shape index (κ3) is 1.82. The Kier molecular flexibility index (Phi) is 3.21. The molecule has 0 aromatic rings. The predicted octanol–water partition coefficient (Wildman–Crippen LogP) is 2.25. The zero-order valence-electron chi connectivity index (χ0n) is 13.0. The molecule has 3 aliphatic rings. The minimum Gasteiger partial charge on any atom is -0.391 e. The van der Waals surface area contributed by atoms with E-state index in [1.807, 2.05) is 13.8 Å². The van der Waals surface area contributed by atoms with Crippen molar-refractivity contribution in [3.63, 3.8) is 0 Å². The van der Waals surface area contributed by atoms with Crippen molar-refractivity contribution < 1.29 is 9.59 Å². The fraction of sp³-hybridized carbons (Fsp3) is 0.812. The second-order valence-corrected chi connectivity index (χ2v) is 7.98. The third-order valence-electron chi connectivity index (χ3n) is 6.20. The average Bonchev–Trinajstić information content (AvgIpc) is 2.89. The molecule has 4 nitrogen and oxygen atoms in total. The number of nitrogens with zero attached hydrogens (tertiary/aromatic N) is 1. The molecule has 2 unspecified atom stereocenters. The van der Waals surface area contributed by atoms with E-state index in [9.17, 15) is 9.59 Å². The summed E-state index contributed by atoms with van der Waals surface area (Å²) in [6.45, 7) is 6.18. The lowest BCUT2D eigenvalue weighted by Crippen LogP contribution is -2.61. The van der Waals surface area contributed by atoms with E-state index < -0.39 is 5.54 Å². The summed E-state index contributed by atoms with van der Waals surface area (Å²) < 4.78 is 0. The standard InChI is InChI=1S/C16H24N2O2S/c1-4-9-5-7-16(8-6-9,14(17)21)18-12(19)10-11(13(18)20)15(10,2)3/h9-11H,4-8H2,1-3H3,(H2,17,21). The molecule has 5 heteroatoms.